The summed E-state index contributed by atoms with van der Waals surface area (Å²) >= 11 is 12.6. The molecule has 2 unspecified atom stereocenters. The van der Waals surface area contributed by atoms with Crippen molar-refractivity contribution in [3.63, 3.8) is 0 Å². The van der Waals surface area contributed by atoms with Gasteiger partial charge in [0.25, 0.3) is 11.1 Å². The molecule has 12 nitrogen and oxygen atoms in total. The average Bonchev–Trinajstić information content (AvgIpc) is 3.99. The molecule has 6 heterocycles. The summed E-state index contributed by atoms with van der Waals surface area (Å²) in [5, 5.41) is 1.52. The van der Waals surface area contributed by atoms with E-state index in [1.54, 1.807) is 104 Å². The fourth-order valence-electron chi connectivity index (χ4n) is 9.09. The number of rotatable bonds is 10. The Hall–Kier alpha value is -7.62. The van der Waals surface area contributed by atoms with Crippen LogP contribution in [-0.4, -0.2) is 38.2 Å². The molecule has 6 aromatic heterocycles. The molecule has 0 saturated carbocycles. The number of nitrogens with zero attached hydrogens (tertiary/aromatic N) is 8. The number of hydrogen-bond donors (Lipinski definition) is 2. The highest BCUT2D eigenvalue weighted by Gasteiger charge is 2.38. The standard InChI is InChI=1S/C52H40Cl2F2N10O2/c1-63-28-59-25-45(63)51(57,33-9-13-36(53)14-10-33)35-21-41-39(30-5-4-6-38(55)19-30)22-48(68)66(50(41)61-24-35)27-32-8-7-31(20-42(32)56)40-23-47(67)65(3)43-17-18-44(62-49(40)43)52(58,46-26-60-29-64(46)2)34-11-15-37(54)16-12-34/h4-26,28-29H,27,57-58H2,1-3H3. The summed E-state index contributed by atoms with van der Waals surface area (Å²) in [6.45, 7) is -0.231. The third kappa shape index (κ3) is 7.38. The second-order valence-corrected chi connectivity index (χ2v) is 17.7. The fraction of sp³-hybridized carbons (Fsp3) is 0.115. The lowest BCUT2D eigenvalue weighted by Gasteiger charge is -2.31. The molecule has 0 radical (unpaired) electrons. The van der Waals surface area contributed by atoms with Crippen LogP contribution in [0.1, 0.15) is 39.3 Å². The van der Waals surface area contributed by atoms with E-state index < -0.39 is 28.3 Å². The van der Waals surface area contributed by atoms with Crippen LogP contribution in [0.4, 0.5) is 8.78 Å². The first kappa shape index (κ1) is 44.2. The fourth-order valence-corrected chi connectivity index (χ4v) is 9.34. The minimum absolute atomic E-state index is 0.160. The molecule has 0 fully saturated rings. The van der Waals surface area contributed by atoms with Gasteiger partial charge in [0, 0.05) is 71.6 Å². The van der Waals surface area contributed by atoms with Crippen LogP contribution in [0.25, 0.3) is 44.3 Å². The van der Waals surface area contributed by atoms with Crippen molar-refractivity contribution in [2.45, 2.75) is 17.6 Å². The smallest absolute Gasteiger partial charge is 0.253 e. The molecule has 2 atom stereocenters. The molecule has 10 rings (SSSR count). The number of benzene rings is 4. The predicted molar refractivity (Wildman–Crippen MR) is 260 cm³/mol. The Labute approximate surface area is 397 Å². The van der Waals surface area contributed by atoms with Crippen LogP contribution >= 0.6 is 23.2 Å². The molecule has 0 spiro atoms. The lowest BCUT2D eigenvalue weighted by atomic mass is 9.81. The lowest BCUT2D eigenvalue weighted by molar-refractivity contribution is 0.580. The highest BCUT2D eigenvalue weighted by atomic mass is 35.5. The summed E-state index contributed by atoms with van der Waals surface area (Å²) in [7, 11) is 5.30. The van der Waals surface area contributed by atoms with Crippen LogP contribution in [0.3, 0.4) is 0 Å². The predicted octanol–water partition coefficient (Wildman–Crippen LogP) is 8.58. The van der Waals surface area contributed by atoms with Gasteiger partial charge in [-0.05, 0) is 88.5 Å². The topological polar surface area (TPSA) is 157 Å². The van der Waals surface area contributed by atoms with E-state index >= 15 is 4.39 Å². The zero-order valence-electron chi connectivity index (χ0n) is 36.7. The van der Waals surface area contributed by atoms with Gasteiger partial charge in [-0.15, -0.1) is 0 Å². The van der Waals surface area contributed by atoms with E-state index in [0.717, 1.165) is 0 Å². The molecule has 16 heteroatoms. The van der Waals surface area contributed by atoms with Gasteiger partial charge < -0.3 is 25.2 Å². The van der Waals surface area contributed by atoms with Gasteiger partial charge in [-0.3, -0.25) is 14.2 Å². The van der Waals surface area contributed by atoms with Crippen molar-refractivity contribution in [2.75, 3.05) is 0 Å². The monoisotopic (exact) mass is 944 g/mol. The highest BCUT2D eigenvalue weighted by Crippen LogP contribution is 2.39. The molecule has 4 N–H and O–H groups in total. The van der Waals surface area contributed by atoms with Gasteiger partial charge in [0.1, 0.15) is 28.4 Å². The number of aromatic nitrogens is 8. The number of nitrogens with two attached hydrogens (primary N) is 2. The molecule has 0 bridgehead atoms. The van der Waals surface area contributed by atoms with Crippen LogP contribution in [0.15, 0.2) is 162 Å². The second kappa shape index (κ2) is 16.9. The van der Waals surface area contributed by atoms with Gasteiger partial charge in [-0.25, -0.2) is 28.7 Å². The Kier molecular flexibility index (Phi) is 11.0. The number of imidazole rings is 2. The number of pyridine rings is 4. The van der Waals surface area contributed by atoms with E-state index in [0.29, 0.717) is 82.5 Å². The number of aryl methyl sites for hydroxylation is 3. The molecule has 0 aliphatic heterocycles. The van der Waals surface area contributed by atoms with E-state index in [-0.39, 0.29) is 23.3 Å². The van der Waals surface area contributed by atoms with Gasteiger partial charge >= 0.3 is 0 Å². The van der Waals surface area contributed by atoms with Gasteiger partial charge in [-0.1, -0.05) is 71.7 Å². The van der Waals surface area contributed by atoms with Crippen molar-refractivity contribution < 1.29 is 8.78 Å². The van der Waals surface area contributed by atoms with E-state index in [2.05, 4.69) is 9.97 Å². The molecular formula is C52H40Cl2F2N10O2. The van der Waals surface area contributed by atoms with E-state index in [1.807, 2.05) is 49.0 Å². The SMILES string of the molecule is Cn1cncc1C(N)(c1ccc(Cl)cc1)c1cnc2c(c1)c(-c1cccc(F)c1)cc(=O)n2Cc1ccc(-c2cc(=O)n(C)c3ccc(C(N)(c4ccc(Cl)cc4)c4cncn4C)nc23)cc1F. The molecule has 10 aromatic rings. The maximum absolute atomic E-state index is 16.8. The maximum Gasteiger partial charge on any atom is 0.253 e. The number of fused-ring (bicyclic) bond motifs is 2. The number of halogens is 4. The molecular weight excluding hydrogens is 906 g/mol. The third-order valence-electron chi connectivity index (χ3n) is 12.8. The largest absolute Gasteiger partial charge is 0.336 e. The first-order chi connectivity index (χ1) is 32.6. The minimum Gasteiger partial charge on any atom is -0.336 e. The van der Waals surface area contributed by atoms with Crippen LogP contribution in [0.5, 0.6) is 0 Å². The molecule has 0 amide bonds. The molecule has 0 saturated heterocycles. The van der Waals surface area contributed by atoms with Crippen molar-refractivity contribution in [3.05, 3.63) is 234 Å². The Morgan fingerprint density at radius 1 is 0.632 bits per heavy atom. The first-order valence-corrected chi connectivity index (χ1v) is 22.0. The quantitative estimate of drug-likeness (QED) is 0.138. The van der Waals surface area contributed by atoms with Crippen molar-refractivity contribution >= 4 is 45.3 Å². The zero-order valence-corrected chi connectivity index (χ0v) is 38.2. The maximum atomic E-state index is 16.8. The summed E-state index contributed by atoms with van der Waals surface area (Å²) in [6.07, 6.45) is 8.20. The minimum atomic E-state index is -1.32. The van der Waals surface area contributed by atoms with Crippen LogP contribution < -0.4 is 22.6 Å². The number of hydrogen-bond acceptors (Lipinski definition) is 8. The van der Waals surface area contributed by atoms with E-state index in [9.17, 15) is 14.0 Å². The van der Waals surface area contributed by atoms with Gasteiger partial charge in [0.2, 0.25) is 0 Å². The normalized spacial score (nSPS) is 13.5. The zero-order chi connectivity index (χ0) is 47.6. The molecule has 4 aromatic carbocycles. The second-order valence-electron chi connectivity index (χ2n) is 16.8. The van der Waals surface area contributed by atoms with E-state index in [4.69, 9.17) is 44.6 Å². The highest BCUT2D eigenvalue weighted by molar-refractivity contribution is 6.30. The van der Waals surface area contributed by atoms with Crippen LogP contribution in [-0.2, 0) is 38.8 Å². The van der Waals surface area contributed by atoms with Crippen molar-refractivity contribution in [2.24, 2.45) is 32.6 Å². The average molecular weight is 946 g/mol. The summed E-state index contributed by atoms with van der Waals surface area (Å²) in [5.74, 6) is -1.15. The van der Waals surface area contributed by atoms with Gasteiger partial charge in [0.05, 0.1) is 59.7 Å². The van der Waals surface area contributed by atoms with Crippen molar-refractivity contribution in [1.82, 2.24) is 38.2 Å². The summed E-state index contributed by atoms with van der Waals surface area (Å²) in [4.78, 5) is 46.4. The van der Waals surface area contributed by atoms with Gasteiger partial charge in [0.15, 0.2) is 0 Å². The Bertz CT molecular complexity index is 3740. The summed E-state index contributed by atoms with van der Waals surface area (Å²) in [5.41, 5.74) is 17.7. The van der Waals surface area contributed by atoms with E-state index in [1.165, 1.54) is 39.5 Å². The van der Waals surface area contributed by atoms with Crippen molar-refractivity contribution in [3.8, 4) is 22.3 Å². The summed E-state index contributed by atoms with van der Waals surface area (Å²) in [6, 6.07) is 32.9. The Morgan fingerprint density at radius 2 is 1.25 bits per heavy atom. The summed E-state index contributed by atoms with van der Waals surface area (Å²) < 4.78 is 38.0. The van der Waals surface area contributed by atoms with Crippen LogP contribution in [0, 0.1) is 11.6 Å². The third-order valence-corrected chi connectivity index (χ3v) is 13.3. The van der Waals surface area contributed by atoms with Gasteiger partial charge in [-0.2, -0.15) is 0 Å². The first-order valence-electron chi connectivity index (χ1n) is 21.3. The Morgan fingerprint density at radius 3 is 1.87 bits per heavy atom. The molecule has 0 aliphatic rings. The van der Waals surface area contributed by atoms with Crippen LogP contribution in [0.2, 0.25) is 10.0 Å². The molecule has 68 heavy (non-hydrogen) atoms. The lowest BCUT2D eigenvalue weighted by Crippen LogP contribution is -2.41. The molecule has 0 aliphatic carbocycles. The Balaban J connectivity index is 1.10. The van der Waals surface area contributed by atoms with Crippen molar-refractivity contribution in [1.29, 1.82) is 0 Å². The molecule has 338 valence electrons.